The first-order chi connectivity index (χ1) is 7.65. The minimum absolute atomic E-state index is 0.0279. The molecule has 0 aromatic heterocycles. The molecule has 0 saturated heterocycles. The number of halogens is 1. The zero-order chi connectivity index (χ0) is 12.0. The first-order valence-corrected chi connectivity index (χ1v) is 6.60. The van der Waals surface area contributed by atoms with E-state index in [4.69, 9.17) is 5.26 Å². The van der Waals surface area contributed by atoms with Gasteiger partial charge in [-0.25, -0.2) is 4.39 Å². The van der Waals surface area contributed by atoms with Crippen LogP contribution in [0.5, 0.6) is 0 Å². The SMILES string of the molecule is CS(=O)CCCNc1cccc(F)c1C#N. The van der Waals surface area contributed by atoms with Crippen molar-refractivity contribution in [3.8, 4) is 6.07 Å². The summed E-state index contributed by atoms with van der Waals surface area (Å²) in [5.41, 5.74) is 0.518. The molecule has 0 amide bonds. The summed E-state index contributed by atoms with van der Waals surface area (Å²) in [7, 11) is -0.814. The van der Waals surface area contributed by atoms with Crippen LogP contribution in [-0.4, -0.2) is 22.8 Å². The third-order valence-corrected chi connectivity index (χ3v) is 2.91. The number of hydrogen-bond donors (Lipinski definition) is 1. The molecule has 0 radical (unpaired) electrons. The van der Waals surface area contributed by atoms with Gasteiger partial charge in [0.05, 0.1) is 5.69 Å². The number of anilines is 1. The third kappa shape index (κ3) is 3.63. The van der Waals surface area contributed by atoms with E-state index in [-0.39, 0.29) is 5.56 Å². The van der Waals surface area contributed by atoms with Crippen molar-refractivity contribution in [3.05, 3.63) is 29.6 Å². The number of benzene rings is 1. The first kappa shape index (κ1) is 12.7. The molecule has 0 fully saturated rings. The normalized spacial score (nSPS) is 11.8. The van der Waals surface area contributed by atoms with Crippen LogP contribution in [0.2, 0.25) is 0 Å². The van der Waals surface area contributed by atoms with E-state index in [0.29, 0.717) is 18.0 Å². The summed E-state index contributed by atoms with van der Waals surface area (Å²) >= 11 is 0. The van der Waals surface area contributed by atoms with Crippen LogP contribution in [0.1, 0.15) is 12.0 Å². The summed E-state index contributed by atoms with van der Waals surface area (Å²) in [5, 5.41) is 11.7. The van der Waals surface area contributed by atoms with E-state index in [9.17, 15) is 8.60 Å². The van der Waals surface area contributed by atoms with Crippen molar-refractivity contribution in [3.63, 3.8) is 0 Å². The fourth-order valence-corrected chi connectivity index (χ4v) is 1.83. The van der Waals surface area contributed by atoms with E-state index in [2.05, 4.69) is 5.32 Å². The fourth-order valence-electron chi connectivity index (χ4n) is 1.28. The van der Waals surface area contributed by atoms with Crippen molar-refractivity contribution in [2.24, 2.45) is 0 Å². The minimum Gasteiger partial charge on any atom is -0.384 e. The van der Waals surface area contributed by atoms with Gasteiger partial charge in [0.25, 0.3) is 0 Å². The second-order valence-corrected chi connectivity index (χ2v) is 4.89. The van der Waals surface area contributed by atoms with Crippen LogP contribution in [0.4, 0.5) is 10.1 Å². The molecule has 0 aliphatic heterocycles. The Hall–Kier alpha value is -1.41. The Morgan fingerprint density at radius 3 is 2.94 bits per heavy atom. The monoisotopic (exact) mass is 240 g/mol. The Kier molecular flexibility index (Phi) is 4.93. The molecule has 0 heterocycles. The number of nitrogens with one attached hydrogen (secondary N) is 1. The Morgan fingerprint density at radius 2 is 2.31 bits per heavy atom. The van der Waals surface area contributed by atoms with Crippen LogP contribution >= 0.6 is 0 Å². The lowest BCUT2D eigenvalue weighted by molar-refractivity contribution is 0.624. The lowest BCUT2D eigenvalue weighted by Crippen LogP contribution is -2.07. The largest absolute Gasteiger partial charge is 0.384 e. The number of hydrogen-bond acceptors (Lipinski definition) is 3. The molecule has 0 saturated carbocycles. The molecule has 3 nitrogen and oxygen atoms in total. The van der Waals surface area contributed by atoms with Crippen molar-refractivity contribution >= 4 is 16.5 Å². The molecule has 0 spiro atoms. The van der Waals surface area contributed by atoms with Crippen LogP contribution in [0.15, 0.2) is 18.2 Å². The summed E-state index contributed by atoms with van der Waals surface area (Å²) in [6.45, 7) is 0.581. The smallest absolute Gasteiger partial charge is 0.143 e. The van der Waals surface area contributed by atoms with Gasteiger partial charge in [0.1, 0.15) is 17.4 Å². The highest BCUT2D eigenvalue weighted by molar-refractivity contribution is 7.84. The van der Waals surface area contributed by atoms with Gasteiger partial charge in [-0.1, -0.05) is 6.07 Å². The van der Waals surface area contributed by atoms with Gasteiger partial charge in [-0.3, -0.25) is 4.21 Å². The maximum Gasteiger partial charge on any atom is 0.143 e. The molecule has 0 aliphatic carbocycles. The fraction of sp³-hybridized carbons (Fsp3) is 0.364. The zero-order valence-corrected chi connectivity index (χ0v) is 9.81. The zero-order valence-electron chi connectivity index (χ0n) is 9.00. The molecule has 1 aromatic rings. The molecular formula is C11H13FN2OS. The van der Waals surface area contributed by atoms with Gasteiger partial charge in [-0.15, -0.1) is 0 Å². The second kappa shape index (κ2) is 6.23. The van der Waals surface area contributed by atoms with Crippen molar-refractivity contribution in [1.29, 1.82) is 5.26 Å². The van der Waals surface area contributed by atoms with Crippen molar-refractivity contribution < 1.29 is 8.60 Å². The number of rotatable bonds is 5. The highest BCUT2D eigenvalue weighted by Crippen LogP contribution is 2.17. The van der Waals surface area contributed by atoms with Crippen LogP contribution < -0.4 is 5.32 Å². The molecule has 1 aromatic carbocycles. The van der Waals surface area contributed by atoms with E-state index in [0.717, 1.165) is 6.42 Å². The van der Waals surface area contributed by atoms with Crippen molar-refractivity contribution in [2.75, 3.05) is 23.9 Å². The maximum absolute atomic E-state index is 13.2. The van der Waals surface area contributed by atoms with Crippen LogP contribution in [0.25, 0.3) is 0 Å². The van der Waals surface area contributed by atoms with E-state index >= 15 is 0 Å². The summed E-state index contributed by atoms with van der Waals surface area (Å²) in [4.78, 5) is 0. The Bertz CT molecular complexity index is 428. The third-order valence-electron chi connectivity index (χ3n) is 2.05. The van der Waals surface area contributed by atoms with Gasteiger partial charge in [-0.2, -0.15) is 5.26 Å². The molecule has 1 rings (SSSR count). The molecule has 1 atom stereocenters. The predicted octanol–water partition coefficient (Wildman–Crippen LogP) is 1.88. The summed E-state index contributed by atoms with van der Waals surface area (Å²) in [5.74, 6) is 0.0797. The average molecular weight is 240 g/mol. The van der Waals surface area contributed by atoms with Gasteiger partial charge in [0, 0.05) is 29.4 Å². The number of nitrogens with zero attached hydrogens (tertiary/aromatic N) is 1. The molecule has 1 unspecified atom stereocenters. The Morgan fingerprint density at radius 1 is 1.56 bits per heavy atom. The van der Waals surface area contributed by atoms with Crippen LogP contribution in [0.3, 0.4) is 0 Å². The molecule has 0 bridgehead atoms. The molecule has 5 heteroatoms. The Labute approximate surface area is 96.7 Å². The van der Waals surface area contributed by atoms with Crippen molar-refractivity contribution in [2.45, 2.75) is 6.42 Å². The van der Waals surface area contributed by atoms with E-state index < -0.39 is 16.6 Å². The molecule has 0 aliphatic rings. The van der Waals surface area contributed by atoms with Crippen molar-refractivity contribution in [1.82, 2.24) is 0 Å². The Balaban J connectivity index is 2.58. The predicted molar refractivity (Wildman–Crippen MR) is 63.2 cm³/mol. The van der Waals surface area contributed by atoms with Gasteiger partial charge in [0.15, 0.2) is 0 Å². The van der Waals surface area contributed by atoms with E-state index in [1.165, 1.54) is 6.07 Å². The quantitative estimate of drug-likeness (QED) is 0.799. The summed E-state index contributed by atoms with van der Waals surface area (Å²) in [6, 6.07) is 6.28. The van der Waals surface area contributed by atoms with Gasteiger partial charge in [0.2, 0.25) is 0 Å². The molecule has 16 heavy (non-hydrogen) atoms. The van der Waals surface area contributed by atoms with Gasteiger partial charge < -0.3 is 5.32 Å². The van der Waals surface area contributed by atoms with Crippen LogP contribution in [0, 0.1) is 17.1 Å². The summed E-state index contributed by atoms with van der Waals surface area (Å²) in [6.07, 6.45) is 2.37. The molecule has 86 valence electrons. The summed E-state index contributed by atoms with van der Waals surface area (Å²) < 4.78 is 24.0. The molecule has 1 N–H and O–H groups in total. The molecular weight excluding hydrogens is 227 g/mol. The van der Waals surface area contributed by atoms with E-state index in [1.807, 2.05) is 6.07 Å². The second-order valence-electron chi connectivity index (χ2n) is 3.33. The standard InChI is InChI=1S/C11H13FN2OS/c1-16(15)7-3-6-14-11-5-2-4-10(12)9(11)8-13/h2,4-5,14H,3,6-7H2,1H3. The average Bonchev–Trinajstić information content (AvgIpc) is 2.24. The van der Waals surface area contributed by atoms with Crippen LogP contribution in [-0.2, 0) is 10.8 Å². The first-order valence-electron chi connectivity index (χ1n) is 4.87. The lowest BCUT2D eigenvalue weighted by atomic mass is 10.2. The minimum atomic E-state index is -0.814. The highest BCUT2D eigenvalue weighted by Gasteiger charge is 2.06. The maximum atomic E-state index is 13.2. The highest BCUT2D eigenvalue weighted by atomic mass is 32.2. The number of nitriles is 1. The van der Waals surface area contributed by atoms with E-state index in [1.54, 1.807) is 18.4 Å². The van der Waals surface area contributed by atoms with Gasteiger partial charge >= 0.3 is 0 Å². The topological polar surface area (TPSA) is 52.9 Å². The van der Waals surface area contributed by atoms with Gasteiger partial charge in [-0.05, 0) is 18.6 Å². The lowest BCUT2D eigenvalue weighted by Gasteiger charge is -2.07.